The Bertz CT molecular complexity index is 1420. The van der Waals surface area contributed by atoms with Crippen LogP contribution in [0.2, 0.25) is 0 Å². The van der Waals surface area contributed by atoms with E-state index in [2.05, 4.69) is 45.0 Å². The highest BCUT2D eigenvalue weighted by Gasteiger charge is 2.14. The molecule has 6 nitrogen and oxygen atoms in total. The lowest BCUT2D eigenvalue weighted by atomic mass is 9.98. The molecule has 5 rings (SSSR count). The van der Waals surface area contributed by atoms with Gasteiger partial charge in [-0.15, -0.1) is 0 Å². The van der Waals surface area contributed by atoms with Crippen molar-refractivity contribution in [2.24, 2.45) is 4.99 Å². The van der Waals surface area contributed by atoms with Crippen molar-refractivity contribution in [3.8, 4) is 17.0 Å². The molecular formula is C28H28N4O2. The fraction of sp³-hybridized carbons (Fsp3) is 0.214. The van der Waals surface area contributed by atoms with Crippen molar-refractivity contribution >= 4 is 28.4 Å². The summed E-state index contributed by atoms with van der Waals surface area (Å²) >= 11 is 0. The number of hydrogen-bond donors (Lipinski definition) is 2. The number of nitrogens with zero attached hydrogens (tertiary/aromatic N) is 3. The van der Waals surface area contributed by atoms with Gasteiger partial charge in [-0.1, -0.05) is 35.9 Å². The second kappa shape index (κ2) is 9.15. The van der Waals surface area contributed by atoms with Crippen LogP contribution in [-0.4, -0.2) is 54.4 Å². The molecule has 2 N–H and O–H groups in total. The SMILES string of the molecule is Cc1cccc(-c2ccc3c(=O)[nH]c(O)c(C=Nc4ccc(N5CCN(C)CC5)cc4)c3c2)c1. The maximum Gasteiger partial charge on any atom is 0.258 e. The lowest BCUT2D eigenvalue weighted by molar-refractivity contribution is 0.313. The highest BCUT2D eigenvalue weighted by Crippen LogP contribution is 2.28. The number of aromatic amines is 1. The zero-order valence-electron chi connectivity index (χ0n) is 19.5. The van der Waals surface area contributed by atoms with Gasteiger partial charge < -0.3 is 14.9 Å². The lowest BCUT2D eigenvalue weighted by Gasteiger charge is -2.34. The minimum atomic E-state index is -0.322. The number of pyridine rings is 1. The van der Waals surface area contributed by atoms with Crippen LogP contribution in [-0.2, 0) is 0 Å². The number of nitrogens with one attached hydrogen (secondary N) is 1. The van der Waals surface area contributed by atoms with Crippen LogP contribution in [0.25, 0.3) is 21.9 Å². The van der Waals surface area contributed by atoms with Crippen LogP contribution in [0.1, 0.15) is 11.1 Å². The van der Waals surface area contributed by atoms with Crippen LogP contribution in [0.4, 0.5) is 11.4 Å². The number of likely N-dealkylation sites (N-methyl/N-ethyl adjacent to an activating group) is 1. The number of aromatic nitrogens is 1. The predicted molar refractivity (Wildman–Crippen MR) is 140 cm³/mol. The fourth-order valence-electron chi connectivity index (χ4n) is 4.42. The number of hydrogen-bond acceptors (Lipinski definition) is 5. The van der Waals surface area contributed by atoms with E-state index in [9.17, 15) is 9.90 Å². The van der Waals surface area contributed by atoms with E-state index in [-0.39, 0.29) is 11.4 Å². The Kier molecular flexibility index (Phi) is 5.90. The lowest BCUT2D eigenvalue weighted by Crippen LogP contribution is -2.44. The van der Waals surface area contributed by atoms with Crippen LogP contribution in [0.3, 0.4) is 0 Å². The van der Waals surface area contributed by atoms with Crippen molar-refractivity contribution in [2.75, 3.05) is 38.1 Å². The maximum atomic E-state index is 12.5. The normalized spacial score (nSPS) is 14.8. The van der Waals surface area contributed by atoms with Crippen molar-refractivity contribution in [1.29, 1.82) is 0 Å². The van der Waals surface area contributed by atoms with Gasteiger partial charge in [0.2, 0.25) is 5.88 Å². The van der Waals surface area contributed by atoms with Gasteiger partial charge in [0.05, 0.1) is 11.3 Å². The average molecular weight is 453 g/mol. The summed E-state index contributed by atoms with van der Waals surface area (Å²) in [7, 11) is 2.15. The molecule has 6 heteroatoms. The van der Waals surface area contributed by atoms with Crippen LogP contribution in [0, 0.1) is 6.92 Å². The van der Waals surface area contributed by atoms with Crippen LogP contribution < -0.4 is 10.5 Å². The number of benzene rings is 3. The van der Waals surface area contributed by atoms with E-state index in [4.69, 9.17) is 0 Å². The standard InChI is InChI=1S/C28H28N4O2/c1-19-4-3-5-20(16-19)21-6-11-24-25(17-21)26(28(34)30-27(24)33)18-29-22-7-9-23(10-8-22)32-14-12-31(2)13-15-32/h3-11,16-18H,12-15H2,1-2H3,(H2,30,33,34). The first kappa shape index (κ1) is 21.9. The zero-order valence-corrected chi connectivity index (χ0v) is 19.5. The molecule has 1 saturated heterocycles. The first-order chi connectivity index (χ1) is 16.5. The Morgan fingerprint density at radius 2 is 1.65 bits per heavy atom. The maximum absolute atomic E-state index is 12.5. The van der Waals surface area contributed by atoms with Crippen LogP contribution in [0.5, 0.6) is 5.88 Å². The Labute approximate surface area is 198 Å². The Hall–Kier alpha value is -3.90. The summed E-state index contributed by atoms with van der Waals surface area (Å²) < 4.78 is 0. The minimum Gasteiger partial charge on any atom is -0.494 e. The molecule has 0 atom stereocenters. The van der Waals surface area contributed by atoms with Crippen molar-refractivity contribution in [2.45, 2.75) is 6.92 Å². The number of anilines is 1. The number of fused-ring (bicyclic) bond motifs is 1. The summed E-state index contributed by atoms with van der Waals surface area (Å²) in [6, 6.07) is 22.0. The number of rotatable bonds is 4. The number of aryl methyl sites for hydroxylation is 1. The first-order valence-corrected chi connectivity index (χ1v) is 11.5. The van der Waals surface area contributed by atoms with Gasteiger partial charge in [-0.2, -0.15) is 0 Å². The summed E-state index contributed by atoms with van der Waals surface area (Å²) in [6.07, 6.45) is 1.62. The number of piperazine rings is 1. The van der Waals surface area contributed by atoms with E-state index in [1.807, 2.05) is 49.4 Å². The van der Waals surface area contributed by atoms with E-state index in [0.717, 1.165) is 48.6 Å². The van der Waals surface area contributed by atoms with E-state index in [1.165, 1.54) is 5.69 Å². The molecule has 0 radical (unpaired) electrons. The molecule has 1 aromatic heterocycles. The molecule has 0 aliphatic carbocycles. The molecule has 2 heterocycles. The highest BCUT2D eigenvalue weighted by atomic mass is 16.3. The predicted octanol–water partition coefficient (Wildman–Crippen LogP) is 4.71. The van der Waals surface area contributed by atoms with Gasteiger partial charge in [0.15, 0.2) is 0 Å². The molecule has 172 valence electrons. The number of H-pyrrole nitrogens is 1. The molecule has 0 saturated carbocycles. The smallest absolute Gasteiger partial charge is 0.258 e. The van der Waals surface area contributed by atoms with Gasteiger partial charge in [-0.25, -0.2) is 0 Å². The van der Waals surface area contributed by atoms with Crippen molar-refractivity contribution < 1.29 is 5.11 Å². The van der Waals surface area contributed by atoms with Gasteiger partial charge in [0, 0.05) is 48.9 Å². The fourth-order valence-corrected chi connectivity index (χ4v) is 4.42. The molecular weight excluding hydrogens is 424 g/mol. The quantitative estimate of drug-likeness (QED) is 0.440. The average Bonchev–Trinajstić information content (AvgIpc) is 2.84. The number of aromatic hydroxyl groups is 1. The van der Waals surface area contributed by atoms with Gasteiger partial charge >= 0.3 is 0 Å². The topological polar surface area (TPSA) is 71.9 Å². The molecule has 1 aliphatic rings. The third-order valence-corrected chi connectivity index (χ3v) is 6.45. The summed E-state index contributed by atoms with van der Waals surface area (Å²) in [6.45, 7) is 6.19. The molecule has 1 fully saturated rings. The summed E-state index contributed by atoms with van der Waals surface area (Å²) in [5.41, 5.74) is 5.34. The van der Waals surface area contributed by atoms with Crippen molar-refractivity contribution in [3.05, 3.63) is 88.2 Å². The highest BCUT2D eigenvalue weighted by molar-refractivity contribution is 6.03. The second-order valence-electron chi connectivity index (χ2n) is 8.91. The molecule has 3 aromatic carbocycles. The zero-order chi connectivity index (χ0) is 23.7. The largest absolute Gasteiger partial charge is 0.494 e. The molecule has 34 heavy (non-hydrogen) atoms. The van der Waals surface area contributed by atoms with Gasteiger partial charge in [0.1, 0.15) is 0 Å². The molecule has 1 aliphatic heterocycles. The van der Waals surface area contributed by atoms with Crippen molar-refractivity contribution in [1.82, 2.24) is 9.88 Å². The van der Waals surface area contributed by atoms with Crippen LogP contribution >= 0.6 is 0 Å². The summed E-state index contributed by atoms with van der Waals surface area (Å²) in [5.74, 6) is -0.184. The Morgan fingerprint density at radius 1 is 0.912 bits per heavy atom. The molecule has 0 amide bonds. The van der Waals surface area contributed by atoms with Gasteiger partial charge in [-0.05, 0) is 61.5 Å². The molecule has 0 spiro atoms. The molecule has 4 aromatic rings. The van der Waals surface area contributed by atoms with Crippen molar-refractivity contribution in [3.63, 3.8) is 0 Å². The first-order valence-electron chi connectivity index (χ1n) is 11.5. The van der Waals surface area contributed by atoms with E-state index >= 15 is 0 Å². The van der Waals surface area contributed by atoms with E-state index in [1.54, 1.807) is 12.3 Å². The summed E-state index contributed by atoms with van der Waals surface area (Å²) in [4.78, 5) is 24.3. The summed E-state index contributed by atoms with van der Waals surface area (Å²) in [5, 5.41) is 11.7. The monoisotopic (exact) mass is 452 g/mol. The van der Waals surface area contributed by atoms with E-state index < -0.39 is 0 Å². The Balaban J connectivity index is 1.48. The van der Waals surface area contributed by atoms with E-state index in [0.29, 0.717) is 16.3 Å². The Morgan fingerprint density at radius 3 is 2.38 bits per heavy atom. The second-order valence-corrected chi connectivity index (χ2v) is 8.91. The van der Waals surface area contributed by atoms with Crippen LogP contribution in [0.15, 0.2) is 76.5 Å². The minimum absolute atomic E-state index is 0.184. The molecule has 0 bridgehead atoms. The number of aliphatic imine (C=N–C) groups is 1. The third-order valence-electron chi connectivity index (χ3n) is 6.45. The van der Waals surface area contributed by atoms with Gasteiger partial charge in [-0.3, -0.25) is 14.8 Å². The van der Waals surface area contributed by atoms with Gasteiger partial charge in [0.25, 0.3) is 5.56 Å². The molecule has 0 unspecified atom stereocenters. The third kappa shape index (κ3) is 4.45.